The van der Waals surface area contributed by atoms with Crippen LogP contribution in [0, 0.1) is 5.92 Å². The fourth-order valence-electron chi connectivity index (χ4n) is 3.92. The first-order valence-electron chi connectivity index (χ1n) is 9.26. The van der Waals surface area contributed by atoms with E-state index in [1.165, 1.54) is 30.4 Å². The number of amides is 1. The van der Waals surface area contributed by atoms with E-state index in [1.54, 1.807) is 0 Å². The van der Waals surface area contributed by atoms with Crippen molar-refractivity contribution in [2.45, 2.75) is 45.1 Å². The number of rotatable bonds is 5. The van der Waals surface area contributed by atoms with Crippen LogP contribution in [-0.4, -0.2) is 47.4 Å². The van der Waals surface area contributed by atoms with Gasteiger partial charge in [0.05, 0.1) is 0 Å². The Morgan fingerprint density at radius 2 is 2.00 bits per heavy atom. The van der Waals surface area contributed by atoms with Gasteiger partial charge in [-0.05, 0) is 42.5 Å². The van der Waals surface area contributed by atoms with Crippen LogP contribution >= 0.6 is 0 Å². The van der Waals surface area contributed by atoms with Gasteiger partial charge in [-0.25, -0.2) is 0 Å². The van der Waals surface area contributed by atoms with Crippen LogP contribution in [0.4, 0.5) is 0 Å². The second kappa shape index (κ2) is 8.43. The summed E-state index contributed by atoms with van der Waals surface area (Å²) in [5, 5.41) is 0. The summed E-state index contributed by atoms with van der Waals surface area (Å²) in [4.78, 5) is 21.1. The summed E-state index contributed by atoms with van der Waals surface area (Å²) in [6, 6.07) is 4.16. The molecule has 1 aliphatic heterocycles. The Bertz CT molecular complexity index is 564. The number of aromatic nitrogens is 1. The Hall–Kier alpha value is -1.68. The van der Waals surface area contributed by atoms with Crippen LogP contribution in [0.3, 0.4) is 0 Å². The lowest BCUT2D eigenvalue weighted by atomic mass is 9.88. The van der Waals surface area contributed by atoms with E-state index in [1.807, 2.05) is 24.3 Å². The van der Waals surface area contributed by atoms with Crippen molar-refractivity contribution < 1.29 is 4.79 Å². The highest BCUT2D eigenvalue weighted by Crippen LogP contribution is 2.25. The van der Waals surface area contributed by atoms with Gasteiger partial charge in [-0.2, -0.15) is 0 Å². The lowest BCUT2D eigenvalue weighted by Crippen LogP contribution is -2.38. The van der Waals surface area contributed by atoms with Crippen LogP contribution < -0.4 is 0 Å². The summed E-state index contributed by atoms with van der Waals surface area (Å²) < 4.78 is 0. The molecule has 0 N–H and O–H groups in total. The van der Waals surface area contributed by atoms with Crippen molar-refractivity contribution in [2.24, 2.45) is 5.92 Å². The molecular weight excluding hydrogens is 298 g/mol. The van der Waals surface area contributed by atoms with Crippen molar-refractivity contribution in [3.63, 3.8) is 0 Å². The van der Waals surface area contributed by atoms with Crippen LogP contribution in [0.2, 0.25) is 0 Å². The largest absolute Gasteiger partial charge is 0.341 e. The minimum absolute atomic E-state index is 0.265. The second-order valence-corrected chi connectivity index (χ2v) is 7.25. The first kappa shape index (κ1) is 17.2. The maximum Gasteiger partial charge on any atom is 0.225 e. The third-order valence-electron chi connectivity index (χ3n) is 5.23. The molecule has 0 saturated heterocycles. The zero-order valence-electron chi connectivity index (χ0n) is 14.8. The van der Waals surface area contributed by atoms with E-state index in [-0.39, 0.29) is 5.92 Å². The van der Waals surface area contributed by atoms with E-state index in [0.717, 1.165) is 45.4 Å². The van der Waals surface area contributed by atoms with Crippen LogP contribution in [0.15, 0.2) is 36.2 Å². The van der Waals surface area contributed by atoms with Crippen molar-refractivity contribution in [1.29, 1.82) is 0 Å². The molecule has 130 valence electrons. The van der Waals surface area contributed by atoms with Gasteiger partial charge in [0.1, 0.15) is 0 Å². The Labute approximate surface area is 145 Å². The normalized spacial score (nSPS) is 19.8. The molecule has 1 aromatic heterocycles. The molecule has 4 nitrogen and oxygen atoms in total. The average Bonchev–Trinajstić information content (AvgIpc) is 2.63. The van der Waals surface area contributed by atoms with Crippen molar-refractivity contribution in [2.75, 3.05) is 26.7 Å². The highest BCUT2D eigenvalue weighted by Gasteiger charge is 2.25. The molecule has 1 saturated carbocycles. The predicted octanol–water partition coefficient (Wildman–Crippen LogP) is 3.25. The average molecular weight is 327 g/mol. The van der Waals surface area contributed by atoms with E-state index in [4.69, 9.17) is 0 Å². The van der Waals surface area contributed by atoms with Gasteiger partial charge >= 0.3 is 0 Å². The molecule has 0 radical (unpaired) electrons. The van der Waals surface area contributed by atoms with Crippen LogP contribution in [0.1, 0.15) is 44.1 Å². The van der Waals surface area contributed by atoms with E-state index < -0.39 is 0 Å². The Balaban J connectivity index is 1.51. The SMILES string of the molecule is CN(CC1=CCCN(Cc2ccncc2)C1)C(=O)C1CCCCC1. The molecule has 0 spiro atoms. The van der Waals surface area contributed by atoms with Gasteiger partial charge in [0, 0.05) is 51.5 Å². The monoisotopic (exact) mass is 327 g/mol. The molecule has 0 unspecified atom stereocenters. The quantitative estimate of drug-likeness (QED) is 0.779. The van der Waals surface area contributed by atoms with Gasteiger partial charge in [-0.1, -0.05) is 25.3 Å². The standard InChI is InChI=1S/C20H29N3O/c1-22(20(24)19-7-3-2-4-8-19)14-18-6-5-13-23(16-18)15-17-9-11-21-12-10-17/h6,9-12,19H,2-5,7-8,13-16H2,1H3. The third kappa shape index (κ3) is 4.67. The van der Waals surface area contributed by atoms with Gasteiger partial charge in [0.25, 0.3) is 0 Å². The zero-order valence-corrected chi connectivity index (χ0v) is 14.8. The summed E-state index contributed by atoms with van der Waals surface area (Å²) in [6.45, 7) is 3.79. The van der Waals surface area contributed by atoms with Crippen molar-refractivity contribution in [1.82, 2.24) is 14.8 Å². The third-order valence-corrected chi connectivity index (χ3v) is 5.23. The highest BCUT2D eigenvalue weighted by molar-refractivity contribution is 5.78. The van der Waals surface area contributed by atoms with Crippen molar-refractivity contribution in [3.05, 3.63) is 41.7 Å². The maximum atomic E-state index is 12.6. The summed E-state index contributed by atoms with van der Waals surface area (Å²) in [6.07, 6.45) is 13.0. The number of carbonyl (C=O) groups excluding carboxylic acids is 1. The van der Waals surface area contributed by atoms with Crippen LogP contribution in [0.25, 0.3) is 0 Å². The summed E-state index contributed by atoms with van der Waals surface area (Å²) in [5.41, 5.74) is 2.68. The topological polar surface area (TPSA) is 36.4 Å². The fraction of sp³-hybridized carbons (Fsp3) is 0.600. The molecule has 2 aliphatic rings. The Kier molecular flexibility index (Phi) is 6.02. The number of likely N-dealkylation sites (N-methyl/N-ethyl adjacent to an activating group) is 1. The molecule has 0 atom stereocenters. The first-order valence-corrected chi connectivity index (χ1v) is 9.26. The number of carbonyl (C=O) groups is 1. The van der Waals surface area contributed by atoms with E-state index in [9.17, 15) is 4.79 Å². The van der Waals surface area contributed by atoms with Gasteiger partial charge in [-0.15, -0.1) is 0 Å². The summed E-state index contributed by atoms with van der Waals surface area (Å²) in [5.74, 6) is 0.614. The van der Waals surface area contributed by atoms with Gasteiger partial charge in [0.2, 0.25) is 5.91 Å². The second-order valence-electron chi connectivity index (χ2n) is 7.25. The molecule has 4 heteroatoms. The summed E-state index contributed by atoms with van der Waals surface area (Å²) in [7, 11) is 1.97. The highest BCUT2D eigenvalue weighted by atomic mass is 16.2. The van der Waals surface area contributed by atoms with Crippen LogP contribution in [0.5, 0.6) is 0 Å². The first-order chi connectivity index (χ1) is 11.7. The number of hydrogen-bond donors (Lipinski definition) is 0. The van der Waals surface area contributed by atoms with Crippen molar-refractivity contribution >= 4 is 5.91 Å². The minimum atomic E-state index is 0.265. The van der Waals surface area contributed by atoms with Gasteiger partial charge in [0.15, 0.2) is 0 Å². The molecule has 3 rings (SSSR count). The van der Waals surface area contributed by atoms with Crippen LogP contribution in [-0.2, 0) is 11.3 Å². The maximum absolute atomic E-state index is 12.6. The molecule has 0 aromatic carbocycles. The molecule has 0 bridgehead atoms. The zero-order chi connectivity index (χ0) is 16.8. The number of hydrogen-bond acceptors (Lipinski definition) is 3. The molecule has 1 amide bonds. The fourth-order valence-corrected chi connectivity index (χ4v) is 3.92. The smallest absolute Gasteiger partial charge is 0.225 e. The van der Waals surface area contributed by atoms with E-state index in [2.05, 4.69) is 28.1 Å². The van der Waals surface area contributed by atoms with Gasteiger partial charge in [-0.3, -0.25) is 14.7 Å². The Morgan fingerprint density at radius 1 is 1.25 bits per heavy atom. The number of nitrogens with zero attached hydrogens (tertiary/aromatic N) is 3. The number of pyridine rings is 1. The molecule has 1 fully saturated rings. The minimum Gasteiger partial charge on any atom is -0.341 e. The van der Waals surface area contributed by atoms with Gasteiger partial charge < -0.3 is 4.90 Å². The van der Waals surface area contributed by atoms with Crippen molar-refractivity contribution in [3.8, 4) is 0 Å². The molecule has 1 aliphatic carbocycles. The lowest BCUT2D eigenvalue weighted by molar-refractivity contribution is -0.134. The molecular formula is C20H29N3O. The van der Waals surface area contributed by atoms with E-state index in [0.29, 0.717) is 5.91 Å². The summed E-state index contributed by atoms with van der Waals surface area (Å²) >= 11 is 0. The Morgan fingerprint density at radius 3 is 2.75 bits per heavy atom. The molecule has 1 aromatic rings. The van der Waals surface area contributed by atoms with E-state index >= 15 is 0 Å². The lowest BCUT2D eigenvalue weighted by Gasteiger charge is -2.31. The molecule has 24 heavy (non-hydrogen) atoms. The predicted molar refractivity (Wildman–Crippen MR) is 96.4 cm³/mol. The molecule has 2 heterocycles.